The first-order chi connectivity index (χ1) is 12.2. The van der Waals surface area contributed by atoms with Crippen molar-refractivity contribution in [3.8, 4) is 5.75 Å². The molecule has 0 radical (unpaired) electrons. The lowest BCUT2D eigenvalue weighted by Crippen LogP contribution is -2.32. The highest BCUT2D eigenvalue weighted by Gasteiger charge is 2.16. The van der Waals surface area contributed by atoms with E-state index in [0.29, 0.717) is 16.4 Å². The van der Waals surface area contributed by atoms with Gasteiger partial charge in [0.1, 0.15) is 5.75 Å². The van der Waals surface area contributed by atoms with Gasteiger partial charge in [-0.3, -0.25) is 9.59 Å². The first-order valence-corrected chi connectivity index (χ1v) is 9.18. The van der Waals surface area contributed by atoms with E-state index in [4.69, 9.17) is 4.74 Å². The Morgan fingerprint density at radius 3 is 2.68 bits per heavy atom. The van der Waals surface area contributed by atoms with Crippen LogP contribution in [0.1, 0.15) is 40.2 Å². The molecule has 0 saturated heterocycles. The van der Waals surface area contributed by atoms with Crippen LogP contribution in [0.15, 0.2) is 24.3 Å². The Morgan fingerprint density at radius 1 is 1.16 bits per heavy atom. The van der Waals surface area contributed by atoms with Gasteiger partial charge in [0.2, 0.25) is 5.91 Å². The van der Waals surface area contributed by atoms with Gasteiger partial charge < -0.3 is 15.4 Å². The van der Waals surface area contributed by atoms with E-state index >= 15 is 0 Å². The molecule has 2 amide bonds. The second kappa shape index (κ2) is 8.11. The number of hydrogen-bond donors (Lipinski definition) is 2. The number of fused-ring (bicyclic) bond motifs is 1. The summed E-state index contributed by atoms with van der Waals surface area (Å²) in [6.45, 7) is -0.0882. The summed E-state index contributed by atoms with van der Waals surface area (Å²) in [6.07, 6.45) is 5.59. The smallest absolute Gasteiger partial charge is 0.251 e. The molecule has 2 N–H and O–H groups in total. The Morgan fingerprint density at radius 2 is 1.92 bits per heavy atom. The molecule has 0 spiro atoms. The van der Waals surface area contributed by atoms with Crippen LogP contribution in [0.4, 0.5) is 5.13 Å². The Balaban J connectivity index is 1.51. The van der Waals surface area contributed by atoms with Crippen LogP contribution in [0.3, 0.4) is 0 Å². The molecule has 0 fully saturated rings. The predicted molar refractivity (Wildman–Crippen MR) is 97.3 cm³/mol. The summed E-state index contributed by atoms with van der Waals surface area (Å²) in [7, 11) is 1.57. The van der Waals surface area contributed by atoms with Crippen molar-refractivity contribution in [2.75, 3.05) is 19.0 Å². The number of hydrogen-bond acceptors (Lipinski definition) is 5. The van der Waals surface area contributed by atoms with Crippen molar-refractivity contribution < 1.29 is 14.3 Å². The normalized spacial score (nSPS) is 13.5. The fourth-order valence-corrected chi connectivity index (χ4v) is 3.82. The van der Waals surface area contributed by atoms with Crippen LogP contribution in [0.2, 0.25) is 0 Å². The SMILES string of the molecule is COc1ccc(C(=O)NCC(=O)Nc2nc3c(s2)CCCCC3)cc1. The molecule has 0 aliphatic heterocycles. The van der Waals surface area contributed by atoms with E-state index in [1.165, 1.54) is 17.7 Å². The number of aromatic nitrogens is 1. The number of benzene rings is 1. The Hall–Kier alpha value is -2.41. The first-order valence-electron chi connectivity index (χ1n) is 8.36. The van der Waals surface area contributed by atoms with Gasteiger partial charge in [0.25, 0.3) is 5.91 Å². The van der Waals surface area contributed by atoms with Crippen molar-refractivity contribution in [3.05, 3.63) is 40.4 Å². The van der Waals surface area contributed by atoms with Crippen molar-refractivity contribution in [2.45, 2.75) is 32.1 Å². The summed E-state index contributed by atoms with van der Waals surface area (Å²) < 4.78 is 5.05. The molecule has 0 saturated carbocycles. The lowest BCUT2D eigenvalue weighted by molar-refractivity contribution is -0.115. The molecule has 132 valence electrons. The van der Waals surface area contributed by atoms with Crippen LogP contribution < -0.4 is 15.4 Å². The Kier molecular flexibility index (Phi) is 5.65. The number of rotatable bonds is 5. The third kappa shape index (κ3) is 4.57. The van der Waals surface area contributed by atoms with Gasteiger partial charge in [0.05, 0.1) is 19.3 Å². The van der Waals surface area contributed by atoms with Crippen molar-refractivity contribution in [1.29, 1.82) is 0 Å². The minimum absolute atomic E-state index is 0.0882. The molecule has 0 unspecified atom stereocenters. The maximum absolute atomic E-state index is 12.1. The molecule has 0 atom stereocenters. The average Bonchev–Trinajstić information content (AvgIpc) is 2.87. The number of nitrogens with zero attached hydrogens (tertiary/aromatic N) is 1. The minimum Gasteiger partial charge on any atom is -0.497 e. The van der Waals surface area contributed by atoms with Gasteiger partial charge in [-0.25, -0.2) is 4.98 Å². The molecule has 1 aromatic carbocycles. The molecule has 0 bridgehead atoms. The summed E-state index contributed by atoms with van der Waals surface area (Å²) in [5, 5.41) is 6.01. The molecule has 6 nitrogen and oxygen atoms in total. The molecular weight excluding hydrogens is 338 g/mol. The topological polar surface area (TPSA) is 80.3 Å². The molecular formula is C18H21N3O3S. The molecule has 2 aromatic rings. The van der Waals surface area contributed by atoms with Gasteiger partial charge in [-0.1, -0.05) is 6.42 Å². The number of anilines is 1. The van der Waals surface area contributed by atoms with E-state index in [0.717, 1.165) is 25.0 Å². The third-order valence-electron chi connectivity index (χ3n) is 4.10. The highest BCUT2D eigenvalue weighted by Crippen LogP contribution is 2.28. The van der Waals surface area contributed by atoms with Crippen LogP contribution in [-0.4, -0.2) is 30.5 Å². The van der Waals surface area contributed by atoms with E-state index in [9.17, 15) is 9.59 Å². The molecule has 7 heteroatoms. The number of aryl methyl sites for hydroxylation is 2. The van der Waals surface area contributed by atoms with Gasteiger partial charge in [-0.15, -0.1) is 11.3 Å². The monoisotopic (exact) mass is 359 g/mol. The lowest BCUT2D eigenvalue weighted by atomic mass is 10.2. The summed E-state index contributed by atoms with van der Waals surface area (Å²) in [5.41, 5.74) is 1.59. The van der Waals surface area contributed by atoms with Crippen molar-refractivity contribution in [1.82, 2.24) is 10.3 Å². The number of carbonyl (C=O) groups is 2. The highest BCUT2D eigenvalue weighted by molar-refractivity contribution is 7.15. The summed E-state index contributed by atoms with van der Waals surface area (Å²) in [5.74, 6) is 0.108. The summed E-state index contributed by atoms with van der Waals surface area (Å²) in [6, 6.07) is 6.73. The zero-order valence-electron chi connectivity index (χ0n) is 14.1. The van der Waals surface area contributed by atoms with E-state index in [-0.39, 0.29) is 18.4 Å². The van der Waals surface area contributed by atoms with Crippen LogP contribution in [0.25, 0.3) is 0 Å². The average molecular weight is 359 g/mol. The van der Waals surface area contributed by atoms with Crippen molar-refractivity contribution >= 4 is 28.3 Å². The highest BCUT2D eigenvalue weighted by atomic mass is 32.1. The molecule has 1 aromatic heterocycles. The fourth-order valence-electron chi connectivity index (χ4n) is 2.75. The number of thiazole rings is 1. The van der Waals surface area contributed by atoms with Gasteiger partial charge in [0.15, 0.2) is 5.13 Å². The van der Waals surface area contributed by atoms with Gasteiger partial charge in [-0.2, -0.15) is 0 Å². The van der Waals surface area contributed by atoms with E-state index in [2.05, 4.69) is 15.6 Å². The second-order valence-electron chi connectivity index (χ2n) is 5.91. The maximum Gasteiger partial charge on any atom is 0.251 e. The van der Waals surface area contributed by atoms with Crippen LogP contribution in [0.5, 0.6) is 5.75 Å². The largest absolute Gasteiger partial charge is 0.497 e. The third-order valence-corrected chi connectivity index (χ3v) is 5.18. The Labute approximate surface area is 150 Å². The Bertz CT molecular complexity index is 732. The molecule has 1 aliphatic carbocycles. The molecule has 1 heterocycles. The number of methoxy groups -OCH3 is 1. The second-order valence-corrected chi connectivity index (χ2v) is 6.99. The molecule has 3 rings (SSSR count). The summed E-state index contributed by atoms with van der Waals surface area (Å²) in [4.78, 5) is 29.9. The molecule has 25 heavy (non-hydrogen) atoms. The number of carbonyl (C=O) groups excluding carboxylic acids is 2. The maximum atomic E-state index is 12.1. The van der Waals surface area contributed by atoms with Crippen molar-refractivity contribution in [3.63, 3.8) is 0 Å². The molecule has 1 aliphatic rings. The van der Waals surface area contributed by atoms with E-state index in [1.54, 1.807) is 42.7 Å². The summed E-state index contributed by atoms with van der Waals surface area (Å²) >= 11 is 1.54. The zero-order chi connectivity index (χ0) is 17.6. The van der Waals surface area contributed by atoms with Gasteiger partial charge in [0, 0.05) is 10.4 Å². The van der Waals surface area contributed by atoms with Gasteiger partial charge >= 0.3 is 0 Å². The number of amides is 2. The van der Waals surface area contributed by atoms with Gasteiger partial charge in [-0.05, 0) is 49.9 Å². The number of nitrogens with one attached hydrogen (secondary N) is 2. The number of ether oxygens (including phenoxy) is 1. The van der Waals surface area contributed by atoms with Crippen LogP contribution in [0, 0.1) is 0 Å². The quantitative estimate of drug-likeness (QED) is 0.805. The lowest BCUT2D eigenvalue weighted by Gasteiger charge is -2.06. The predicted octanol–water partition coefficient (Wildman–Crippen LogP) is 2.79. The first kappa shape index (κ1) is 17.4. The fraction of sp³-hybridized carbons (Fsp3) is 0.389. The van der Waals surface area contributed by atoms with E-state index < -0.39 is 0 Å². The van der Waals surface area contributed by atoms with E-state index in [1.807, 2.05) is 0 Å². The zero-order valence-corrected chi connectivity index (χ0v) is 14.9. The van der Waals surface area contributed by atoms with Crippen molar-refractivity contribution in [2.24, 2.45) is 0 Å². The minimum atomic E-state index is -0.298. The standard InChI is InChI=1S/C18H21N3O3S/c1-24-13-9-7-12(8-10-13)17(23)19-11-16(22)21-18-20-14-5-3-2-4-6-15(14)25-18/h7-10H,2-6,11H2,1H3,(H,19,23)(H,20,21,22). The van der Waals surface area contributed by atoms with Crippen LogP contribution in [-0.2, 0) is 17.6 Å². The van der Waals surface area contributed by atoms with Crippen LogP contribution >= 0.6 is 11.3 Å².